The predicted molar refractivity (Wildman–Crippen MR) is 190 cm³/mol. The van der Waals surface area contributed by atoms with Gasteiger partial charge in [0.2, 0.25) is 17.7 Å². The van der Waals surface area contributed by atoms with Crippen molar-refractivity contribution in [3.05, 3.63) is 83.5 Å². The molecule has 0 aliphatic carbocycles. The fourth-order valence-corrected chi connectivity index (χ4v) is 6.61. The monoisotopic (exact) mass is 690 g/mol. The maximum absolute atomic E-state index is 14.0. The van der Waals surface area contributed by atoms with Crippen LogP contribution in [0, 0.1) is 5.92 Å². The van der Waals surface area contributed by atoms with Crippen molar-refractivity contribution in [2.24, 2.45) is 5.92 Å². The second-order valence-electron chi connectivity index (χ2n) is 13.1. The van der Waals surface area contributed by atoms with Gasteiger partial charge < -0.3 is 30.7 Å². The van der Waals surface area contributed by atoms with E-state index in [4.69, 9.17) is 4.74 Å². The van der Waals surface area contributed by atoms with Crippen LogP contribution in [0.25, 0.3) is 21.8 Å². The molecule has 1 aliphatic rings. The first-order valence-corrected chi connectivity index (χ1v) is 18.6. The van der Waals surface area contributed by atoms with Gasteiger partial charge in [-0.15, -0.1) is 0 Å². The Kier molecular flexibility index (Phi) is 11.9. The zero-order valence-corrected chi connectivity index (χ0v) is 29.0. The van der Waals surface area contributed by atoms with Crippen molar-refractivity contribution in [1.82, 2.24) is 30.8 Å². The summed E-state index contributed by atoms with van der Waals surface area (Å²) in [6, 6.07) is 12.9. The van der Waals surface area contributed by atoms with Crippen LogP contribution in [0.2, 0.25) is 0 Å². The number of rotatable bonds is 15. The highest BCUT2D eigenvalue weighted by molar-refractivity contribution is 7.93. The fourth-order valence-electron chi connectivity index (χ4n) is 6.13. The van der Waals surface area contributed by atoms with E-state index in [1.54, 1.807) is 0 Å². The Hall–Kier alpha value is -4.46. The molecule has 3 atom stereocenters. The van der Waals surface area contributed by atoms with Gasteiger partial charge in [0.25, 0.3) is 0 Å². The lowest BCUT2D eigenvalue weighted by Crippen LogP contribution is -2.56. The number of ether oxygens (including phenoxy) is 1. The summed E-state index contributed by atoms with van der Waals surface area (Å²) < 4.78 is 29.5. The Morgan fingerprint density at radius 2 is 1.41 bits per heavy atom. The standard InChI is InChI=1S/C36H46N6O6S/c1-24(2)18-32(35(44)39-27(12-17-49(3,46)47)19-25-21-37-30-10-6-4-8-28(25)30)41-36(45)33(40-34(43)23-42-13-15-48-16-14-42)20-26-22-38-31-11-7-5-9-29(26)31/h4-12,17,21-22,24,27,32-33,37-38H,13-16,18-20,23H2,1-3H3,(H,39,44)(H,40,43)(H,41,45). The smallest absolute Gasteiger partial charge is 0.243 e. The minimum absolute atomic E-state index is 0.0395. The number of carbonyl (C=O) groups excluding carboxylic acids is 3. The molecule has 0 spiro atoms. The summed E-state index contributed by atoms with van der Waals surface area (Å²) >= 11 is 0. The first-order chi connectivity index (χ1) is 23.4. The maximum atomic E-state index is 14.0. The number of morpholine rings is 1. The number of carbonyl (C=O) groups is 3. The van der Waals surface area contributed by atoms with Crippen molar-refractivity contribution in [1.29, 1.82) is 0 Å². The van der Waals surface area contributed by atoms with Gasteiger partial charge >= 0.3 is 0 Å². The maximum Gasteiger partial charge on any atom is 0.243 e. The van der Waals surface area contributed by atoms with E-state index in [-0.39, 0.29) is 24.8 Å². The third-order valence-corrected chi connectivity index (χ3v) is 9.21. The van der Waals surface area contributed by atoms with E-state index in [2.05, 4.69) is 25.9 Å². The number of sulfone groups is 1. The number of aromatic nitrogens is 2. The fraction of sp³-hybridized carbons (Fsp3) is 0.417. The van der Waals surface area contributed by atoms with Crippen molar-refractivity contribution in [2.45, 2.75) is 51.2 Å². The number of fused-ring (bicyclic) bond motifs is 2. The molecule has 3 heterocycles. The zero-order valence-electron chi connectivity index (χ0n) is 28.2. The quantitative estimate of drug-likeness (QED) is 0.128. The molecule has 262 valence electrons. The summed E-state index contributed by atoms with van der Waals surface area (Å²) in [5.41, 5.74) is 3.61. The van der Waals surface area contributed by atoms with Gasteiger partial charge in [0.15, 0.2) is 9.84 Å². The van der Waals surface area contributed by atoms with Gasteiger partial charge in [-0.2, -0.15) is 0 Å². The lowest BCUT2D eigenvalue weighted by Gasteiger charge is -2.28. The molecule has 12 nitrogen and oxygen atoms in total. The molecule has 4 aromatic rings. The van der Waals surface area contributed by atoms with Gasteiger partial charge in [-0.05, 0) is 42.0 Å². The predicted octanol–water partition coefficient (Wildman–Crippen LogP) is 2.83. The minimum Gasteiger partial charge on any atom is -0.379 e. The molecule has 1 fully saturated rings. The number of amides is 3. The second kappa shape index (κ2) is 16.3. The van der Waals surface area contributed by atoms with Crippen molar-refractivity contribution in [2.75, 3.05) is 39.1 Å². The summed E-state index contributed by atoms with van der Waals surface area (Å²) in [6.45, 7) is 6.35. The Bertz CT molecular complexity index is 1890. The number of H-pyrrole nitrogens is 2. The van der Waals surface area contributed by atoms with Gasteiger partial charge in [0, 0.05) is 65.4 Å². The van der Waals surface area contributed by atoms with Crippen LogP contribution in [0.3, 0.4) is 0 Å². The molecule has 49 heavy (non-hydrogen) atoms. The molecule has 3 amide bonds. The van der Waals surface area contributed by atoms with E-state index in [0.717, 1.165) is 44.6 Å². The molecule has 1 saturated heterocycles. The van der Waals surface area contributed by atoms with Crippen molar-refractivity contribution in [3.63, 3.8) is 0 Å². The Balaban J connectivity index is 1.36. The summed E-state index contributed by atoms with van der Waals surface area (Å²) in [6.07, 6.45) is 7.10. The van der Waals surface area contributed by atoms with Crippen LogP contribution < -0.4 is 16.0 Å². The lowest BCUT2D eigenvalue weighted by atomic mass is 9.99. The molecule has 1 aliphatic heterocycles. The molecule has 0 radical (unpaired) electrons. The number of hydrogen-bond donors (Lipinski definition) is 5. The van der Waals surface area contributed by atoms with Crippen LogP contribution in [0.4, 0.5) is 0 Å². The van der Waals surface area contributed by atoms with E-state index < -0.39 is 39.8 Å². The average molecular weight is 691 g/mol. The number of hydrogen-bond acceptors (Lipinski definition) is 7. The molecule has 3 unspecified atom stereocenters. The largest absolute Gasteiger partial charge is 0.379 e. The molecule has 0 bridgehead atoms. The van der Waals surface area contributed by atoms with Crippen LogP contribution in [0.15, 0.2) is 72.4 Å². The van der Waals surface area contributed by atoms with Gasteiger partial charge in [-0.3, -0.25) is 19.3 Å². The van der Waals surface area contributed by atoms with Crippen LogP contribution in [0.5, 0.6) is 0 Å². The van der Waals surface area contributed by atoms with Gasteiger partial charge in [-0.1, -0.05) is 56.3 Å². The van der Waals surface area contributed by atoms with E-state index in [9.17, 15) is 22.8 Å². The number of aromatic amines is 2. The third-order valence-electron chi connectivity index (χ3n) is 8.56. The average Bonchev–Trinajstić information content (AvgIpc) is 3.67. The Labute approximate surface area is 287 Å². The van der Waals surface area contributed by atoms with Crippen LogP contribution in [-0.2, 0) is 41.8 Å². The molecule has 2 aromatic heterocycles. The molecule has 0 saturated carbocycles. The topological polar surface area (TPSA) is 165 Å². The molecule has 5 N–H and O–H groups in total. The summed E-state index contributed by atoms with van der Waals surface area (Å²) in [5.74, 6) is -1.19. The molecular weight excluding hydrogens is 644 g/mol. The van der Waals surface area contributed by atoms with Crippen molar-refractivity contribution >= 4 is 49.4 Å². The zero-order chi connectivity index (χ0) is 35.0. The summed E-state index contributed by atoms with van der Waals surface area (Å²) in [4.78, 5) is 49.6. The number of benzene rings is 2. The number of nitrogens with one attached hydrogen (secondary N) is 5. The second-order valence-corrected chi connectivity index (χ2v) is 15.0. The number of para-hydroxylation sites is 2. The van der Waals surface area contributed by atoms with Gasteiger partial charge in [0.05, 0.1) is 25.8 Å². The Morgan fingerprint density at radius 1 is 0.837 bits per heavy atom. The first-order valence-electron chi connectivity index (χ1n) is 16.6. The van der Waals surface area contributed by atoms with Crippen molar-refractivity contribution < 1.29 is 27.5 Å². The lowest BCUT2D eigenvalue weighted by molar-refractivity contribution is -0.133. The Morgan fingerprint density at radius 3 is 2.00 bits per heavy atom. The highest BCUT2D eigenvalue weighted by atomic mass is 32.2. The van der Waals surface area contributed by atoms with Gasteiger partial charge in [-0.25, -0.2) is 8.42 Å². The first kappa shape index (κ1) is 35.8. The highest BCUT2D eigenvalue weighted by Crippen LogP contribution is 2.21. The van der Waals surface area contributed by atoms with E-state index >= 15 is 0 Å². The van der Waals surface area contributed by atoms with Gasteiger partial charge in [0.1, 0.15) is 12.1 Å². The highest BCUT2D eigenvalue weighted by Gasteiger charge is 2.30. The summed E-state index contributed by atoms with van der Waals surface area (Å²) in [7, 11) is -3.47. The molecule has 13 heteroatoms. The number of nitrogens with zero attached hydrogens (tertiary/aromatic N) is 1. The molecule has 2 aromatic carbocycles. The minimum atomic E-state index is -3.47. The van der Waals surface area contributed by atoms with E-state index in [1.807, 2.05) is 79.7 Å². The normalized spacial score (nSPS) is 16.2. The van der Waals surface area contributed by atoms with E-state index in [0.29, 0.717) is 39.1 Å². The van der Waals surface area contributed by atoms with Crippen LogP contribution in [0.1, 0.15) is 31.4 Å². The van der Waals surface area contributed by atoms with Crippen LogP contribution >= 0.6 is 0 Å². The third kappa shape index (κ3) is 10.3. The van der Waals surface area contributed by atoms with Crippen LogP contribution in [-0.4, -0.2) is 98.2 Å². The SMILES string of the molecule is CC(C)CC(NC(=O)C(Cc1c[nH]c2ccccc12)NC(=O)CN1CCOCC1)C(=O)NC(C=CS(C)(=O)=O)Cc1c[nH]c2ccccc12. The molecule has 5 rings (SSSR count). The summed E-state index contributed by atoms with van der Waals surface area (Å²) in [5, 5.41) is 11.8. The molecular formula is C36H46N6O6S. The van der Waals surface area contributed by atoms with Crippen molar-refractivity contribution in [3.8, 4) is 0 Å². The van der Waals surface area contributed by atoms with E-state index in [1.165, 1.54) is 6.08 Å².